The lowest BCUT2D eigenvalue weighted by Crippen LogP contribution is -2.24. The van der Waals surface area contributed by atoms with Crippen molar-refractivity contribution in [2.75, 3.05) is 13.4 Å². The fraction of sp³-hybridized carbons (Fsp3) is 1.00. The van der Waals surface area contributed by atoms with E-state index in [1.54, 1.807) is 0 Å². The lowest BCUT2D eigenvalue weighted by atomic mass is 9.82. The molecule has 0 saturated heterocycles. The zero-order valence-electron chi connectivity index (χ0n) is 14.3. The molecule has 0 spiro atoms. The van der Waals surface area contributed by atoms with E-state index in [2.05, 4.69) is 48.5 Å². The normalized spacial score (nSPS) is 14.7. The van der Waals surface area contributed by atoms with Crippen LogP contribution in [0.15, 0.2) is 0 Å². The molecule has 0 amide bonds. The molecule has 0 saturated carbocycles. The first-order valence-corrected chi connectivity index (χ1v) is 7.94. The van der Waals surface area contributed by atoms with E-state index in [1.807, 2.05) is 0 Å². The second kappa shape index (κ2) is 8.97. The van der Waals surface area contributed by atoms with Crippen molar-refractivity contribution in [3.05, 3.63) is 0 Å². The second-order valence-corrected chi connectivity index (χ2v) is 7.23. The third-order valence-corrected chi connectivity index (χ3v) is 4.41. The predicted molar refractivity (Wildman–Crippen MR) is 83.4 cm³/mol. The third-order valence-electron chi connectivity index (χ3n) is 4.41. The van der Waals surface area contributed by atoms with Crippen molar-refractivity contribution < 1.29 is 9.47 Å². The quantitative estimate of drug-likeness (QED) is 0.370. The molecule has 1 unspecified atom stereocenters. The molecule has 116 valence electrons. The van der Waals surface area contributed by atoms with E-state index in [4.69, 9.17) is 9.47 Å². The van der Waals surface area contributed by atoms with Gasteiger partial charge in [0.1, 0.15) is 6.79 Å². The summed E-state index contributed by atoms with van der Waals surface area (Å²) in [7, 11) is 0. The monoisotopic (exact) mass is 272 g/mol. The summed E-state index contributed by atoms with van der Waals surface area (Å²) in [5.41, 5.74) is 0.431. The molecule has 0 aromatic rings. The molecule has 0 N–H and O–H groups in total. The minimum Gasteiger partial charge on any atom is -0.355 e. The molecule has 0 aromatic carbocycles. The highest BCUT2D eigenvalue weighted by Gasteiger charge is 2.17. The van der Waals surface area contributed by atoms with Crippen molar-refractivity contribution in [2.45, 2.75) is 86.2 Å². The average Bonchev–Trinajstić information content (AvgIpc) is 2.36. The molecule has 0 aliphatic carbocycles. The Hall–Kier alpha value is -0.0800. The molecule has 0 rings (SSSR count). The van der Waals surface area contributed by atoms with Crippen LogP contribution in [0.4, 0.5) is 0 Å². The Morgan fingerprint density at radius 1 is 0.947 bits per heavy atom. The SMILES string of the molecule is CCC(C)(C)CCC(C)CCOCOC(C)(C)CC. The molecule has 0 bridgehead atoms. The highest BCUT2D eigenvalue weighted by atomic mass is 16.7. The van der Waals surface area contributed by atoms with E-state index >= 15 is 0 Å². The Balaban J connectivity index is 3.57. The molecule has 2 heteroatoms. The van der Waals surface area contributed by atoms with Crippen LogP contribution in [0, 0.1) is 11.3 Å². The number of rotatable bonds is 11. The largest absolute Gasteiger partial charge is 0.355 e. The first-order chi connectivity index (χ1) is 8.72. The summed E-state index contributed by atoms with van der Waals surface area (Å²) in [6.07, 6.45) is 6.01. The Labute approximate surface area is 121 Å². The fourth-order valence-electron chi connectivity index (χ4n) is 1.60. The molecule has 0 aliphatic rings. The van der Waals surface area contributed by atoms with Crippen molar-refractivity contribution in [3.63, 3.8) is 0 Å². The maximum Gasteiger partial charge on any atom is 0.147 e. The summed E-state index contributed by atoms with van der Waals surface area (Å²) < 4.78 is 11.2. The first-order valence-electron chi connectivity index (χ1n) is 7.94. The van der Waals surface area contributed by atoms with Crippen molar-refractivity contribution in [1.29, 1.82) is 0 Å². The Bertz CT molecular complexity index is 221. The molecular formula is C17H36O2. The van der Waals surface area contributed by atoms with E-state index in [9.17, 15) is 0 Å². The lowest BCUT2D eigenvalue weighted by Gasteiger charge is -2.25. The van der Waals surface area contributed by atoms with Crippen molar-refractivity contribution in [2.24, 2.45) is 11.3 Å². The van der Waals surface area contributed by atoms with Gasteiger partial charge in [-0.05, 0) is 44.4 Å². The van der Waals surface area contributed by atoms with Crippen molar-refractivity contribution >= 4 is 0 Å². The molecule has 0 radical (unpaired) electrons. The van der Waals surface area contributed by atoms with Gasteiger partial charge >= 0.3 is 0 Å². The van der Waals surface area contributed by atoms with Gasteiger partial charge < -0.3 is 9.47 Å². The zero-order valence-corrected chi connectivity index (χ0v) is 14.3. The Morgan fingerprint density at radius 2 is 1.58 bits per heavy atom. The van der Waals surface area contributed by atoms with Gasteiger partial charge in [-0.15, -0.1) is 0 Å². The molecular weight excluding hydrogens is 236 g/mol. The summed E-state index contributed by atoms with van der Waals surface area (Å²) in [6, 6.07) is 0. The number of ether oxygens (including phenoxy) is 2. The smallest absolute Gasteiger partial charge is 0.147 e. The molecule has 0 aliphatic heterocycles. The van der Waals surface area contributed by atoms with Gasteiger partial charge in [-0.3, -0.25) is 0 Å². The standard InChI is InChI=1S/C17H36O2/c1-8-16(4,5)12-10-15(3)11-13-18-14-19-17(6,7)9-2/h15H,8-14H2,1-7H3. The van der Waals surface area contributed by atoms with Crippen LogP contribution >= 0.6 is 0 Å². The summed E-state index contributed by atoms with van der Waals surface area (Å²) in [5, 5.41) is 0. The average molecular weight is 272 g/mol. The van der Waals surface area contributed by atoms with E-state index in [-0.39, 0.29) is 5.60 Å². The van der Waals surface area contributed by atoms with Crippen molar-refractivity contribution in [1.82, 2.24) is 0 Å². The Kier molecular flexibility index (Phi) is 8.93. The molecule has 0 heterocycles. The maximum absolute atomic E-state index is 5.67. The fourth-order valence-corrected chi connectivity index (χ4v) is 1.60. The van der Waals surface area contributed by atoms with Crippen LogP contribution in [0.3, 0.4) is 0 Å². The summed E-state index contributed by atoms with van der Waals surface area (Å²) in [6.45, 7) is 16.9. The van der Waals surface area contributed by atoms with Gasteiger partial charge in [0.2, 0.25) is 0 Å². The summed E-state index contributed by atoms with van der Waals surface area (Å²) in [5.74, 6) is 0.741. The second-order valence-electron chi connectivity index (χ2n) is 7.23. The lowest BCUT2D eigenvalue weighted by molar-refractivity contribution is -0.130. The van der Waals surface area contributed by atoms with Gasteiger partial charge in [-0.1, -0.05) is 47.5 Å². The van der Waals surface area contributed by atoms with Crippen LogP contribution in [0.1, 0.15) is 80.6 Å². The van der Waals surface area contributed by atoms with Crippen LogP contribution in [-0.2, 0) is 9.47 Å². The number of hydrogen-bond donors (Lipinski definition) is 0. The Morgan fingerprint density at radius 3 is 2.11 bits per heavy atom. The van der Waals surface area contributed by atoms with Gasteiger partial charge in [0.15, 0.2) is 0 Å². The first kappa shape index (κ1) is 18.9. The molecule has 0 aromatic heterocycles. The minimum atomic E-state index is -0.0588. The van der Waals surface area contributed by atoms with Gasteiger partial charge in [0.05, 0.1) is 5.60 Å². The van der Waals surface area contributed by atoms with Gasteiger partial charge in [0, 0.05) is 6.61 Å². The highest BCUT2D eigenvalue weighted by molar-refractivity contribution is 4.68. The van der Waals surface area contributed by atoms with Crippen LogP contribution in [0.25, 0.3) is 0 Å². The zero-order chi connectivity index (χ0) is 14.9. The number of hydrogen-bond acceptors (Lipinski definition) is 2. The summed E-state index contributed by atoms with van der Waals surface area (Å²) in [4.78, 5) is 0. The van der Waals surface area contributed by atoms with E-state index in [0.29, 0.717) is 12.2 Å². The van der Waals surface area contributed by atoms with Crippen LogP contribution < -0.4 is 0 Å². The van der Waals surface area contributed by atoms with Gasteiger partial charge in [0.25, 0.3) is 0 Å². The molecule has 0 fully saturated rings. The van der Waals surface area contributed by atoms with E-state index in [0.717, 1.165) is 25.4 Å². The molecule has 1 atom stereocenters. The van der Waals surface area contributed by atoms with E-state index in [1.165, 1.54) is 19.3 Å². The molecule has 19 heavy (non-hydrogen) atoms. The van der Waals surface area contributed by atoms with Crippen LogP contribution in [0.2, 0.25) is 0 Å². The van der Waals surface area contributed by atoms with Crippen LogP contribution in [-0.4, -0.2) is 19.0 Å². The predicted octanol–water partition coefficient (Wildman–Crippen LogP) is 5.41. The van der Waals surface area contributed by atoms with Gasteiger partial charge in [-0.25, -0.2) is 0 Å². The van der Waals surface area contributed by atoms with Crippen molar-refractivity contribution in [3.8, 4) is 0 Å². The highest BCUT2D eigenvalue weighted by Crippen LogP contribution is 2.28. The minimum absolute atomic E-state index is 0.0588. The maximum atomic E-state index is 5.67. The van der Waals surface area contributed by atoms with Crippen LogP contribution in [0.5, 0.6) is 0 Å². The third kappa shape index (κ3) is 10.4. The molecule has 2 nitrogen and oxygen atoms in total. The summed E-state index contributed by atoms with van der Waals surface area (Å²) >= 11 is 0. The van der Waals surface area contributed by atoms with Gasteiger partial charge in [-0.2, -0.15) is 0 Å². The topological polar surface area (TPSA) is 18.5 Å². The van der Waals surface area contributed by atoms with E-state index < -0.39 is 0 Å².